The van der Waals surface area contributed by atoms with Gasteiger partial charge >= 0.3 is 0 Å². The molecule has 1 amide bonds. The number of carbonyl (C=O) groups excluding carboxylic acids is 1. The van der Waals surface area contributed by atoms with Gasteiger partial charge in [-0.2, -0.15) is 0 Å². The molecule has 27 heavy (non-hydrogen) atoms. The first-order valence-electron chi connectivity index (χ1n) is 9.26. The third-order valence-electron chi connectivity index (χ3n) is 5.22. The number of carbonyl (C=O) groups is 1. The molecule has 1 aromatic carbocycles. The van der Waals surface area contributed by atoms with E-state index in [-0.39, 0.29) is 17.6 Å². The lowest BCUT2D eigenvalue weighted by molar-refractivity contribution is 0.0155. The Kier molecular flexibility index (Phi) is 3.60. The van der Waals surface area contributed by atoms with Gasteiger partial charge in [0.15, 0.2) is 5.76 Å². The van der Waals surface area contributed by atoms with Crippen LogP contribution in [0.1, 0.15) is 35.1 Å². The molecular weight excluding hydrogens is 344 g/mol. The molecule has 3 heterocycles. The molecule has 5 rings (SSSR count). The fraction of sp³-hybridized carbons (Fsp3) is 0.333. The van der Waals surface area contributed by atoms with Crippen molar-refractivity contribution in [2.75, 3.05) is 13.1 Å². The molecule has 0 N–H and O–H groups in total. The zero-order valence-electron chi connectivity index (χ0n) is 15.1. The summed E-state index contributed by atoms with van der Waals surface area (Å²) in [6.45, 7) is 2.91. The van der Waals surface area contributed by atoms with E-state index >= 15 is 0 Å². The zero-order chi connectivity index (χ0) is 18.5. The molecule has 6 heteroatoms. The van der Waals surface area contributed by atoms with E-state index in [0.717, 1.165) is 23.9 Å². The molecule has 1 aliphatic heterocycles. The Morgan fingerprint density at radius 2 is 1.93 bits per heavy atom. The van der Waals surface area contributed by atoms with Gasteiger partial charge in [-0.1, -0.05) is 18.2 Å². The van der Waals surface area contributed by atoms with Crippen LogP contribution in [-0.2, 0) is 0 Å². The Balaban J connectivity index is 1.24. The first kappa shape index (κ1) is 16.2. The van der Waals surface area contributed by atoms with E-state index in [2.05, 4.69) is 0 Å². The third kappa shape index (κ3) is 2.91. The largest absolute Gasteiger partial charge is 0.486 e. The number of ether oxygens (including phenoxy) is 1. The van der Waals surface area contributed by atoms with E-state index in [1.54, 1.807) is 17.0 Å². The van der Waals surface area contributed by atoms with Gasteiger partial charge in [-0.25, -0.2) is 0 Å². The third-order valence-corrected chi connectivity index (χ3v) is 5.22. The van der Waals surface area contributed by atoms with Crippen molar-refractivity contribution in [2.45, 2.75) is 31.9 Å². The minimum absolute atomic E-state index is 0.0120. The number of hydrogen-bond donors (Lipinski definition) is 0. The van der Waals surface area contributed by atoms with Gasteiger partial charge in [0.2, 0.25) is 0 Å². The van der Waals surface area contributed by atoms with Crippen molar-refractivity contribution >= 4 is 16.9 Å². The lowest BCUT2D eigenvalue weighted by Crippen LogP contribution is -2.56. The van der Waals surface area contributed by atoms with E-state index in [9.17, 15) is 9.59 Å². The van der Waals surface area contributed by atoms with E-state index in [4.69, 9.17) is 9.15 Å². The van der Waals surface area contributed by atoms with Crippen molar-refractivity contribution in [1.82, 2.24) is 9.47 Å². The first-order valence-corrected chi connectivity index (χ1v) is 9.26. The second kappa shape index (κ2) is 6.01. The van der Waals surface area contributed by atoms with Crippen LogP contribution in [0.25, 0.3) is 11.0 Å². The van der Waals surface area contributed by atoms with Crippen molar-refractivity contribution < 1.29 is 13.9 Å². The Morgan fingerprint density at radius 3 is 2.63 bits per heavy atom. The van der Waals surface area contributed by atoms with Gasteiger partial charge in [0.05, 0.1) is 13.1 Å². The van der Waals surface area contributed by atoms with Crippen LogP contribution in [0.15, 0.2) is 51.7 Å². The highest BCUT2D eigenvalue weighted by Crippen LogP contribution is 2.35. The van der Waals surface area contributed by atoms with Gasteiger partial charge in [0.1, 0.15) is 17.4 Å². The maximum atomic E-state index is 12.6. The highest BCUT2D eigenvalue weighted by Gasteiger charge is 2.34. The molecule has 2 aromatic heterocycles. The molecule has 6 nitrogen and oxygen atoms in total. The van der Waals surface area contributed by atoms with Gasteiger partial charge in [-0.05, 0) is 38.0 Å². The number of nitrogens with zero attached hydrogens (tertiary/aromatic N) is 2. The number of fused-ring (bicyclic) bond motifs is 1. The number of pyridine rings is 1. The average molecular weight is 364 g/mol. The number of furan rings is 1. The van der Waals surface area contributed by atoms with Crippen molar-refractivity contribution in [1.29, 1.82) is 0 Å². The van der Waals surface area contributed by atoms with Crippen molar-refractivity contribution in [3.8, 4) is 5.75 Å². The summed E-state index contributed by atoms with van der Waals surface area (Å²) in [4.78, 5) is 26.5. The quantitative estimate of drug-likeness (QED) is 0.713. The van der Waals surface area contributed by atoms with Gasteiger partial charge in [-0.15, -0.1) is 0 Å². The van der Waals surface area contributed by atoms with Crippen molar-refractivity contribution in [3.05, 3.63) is 64.3 Å². The molecule has 1 aliphatic carbocycles. The van der Waals surface area contributed by atoms with Crippen LogP contribution in [0, 0.1) is 6.92 Å². The van der Waals surface area contributed by atoms with Gasteiger partial charge in [0.25, 0.3) is 11.5 Å². The smallest absolute Gasteiger partial charge is 0.289 e. The minimum Gasteiger partial charge on any atom is -0.486 e. The van der Waals surface area contributed by atoms with Crippen molar-refractivity contribution in [2.24, 2.45) is 0 Å². The summed E-state index contributed by atoms with van der Waals surface area (Å²) < 4.78 is 13.4. The van der Waals surface area contributed by atoms with Crippen LogP contribution in [-0.4, -0.2) is 34.6 Å². The fourth-order valence-electron chi connectivity index (χ4n) is 3.66. The van der Waals surface area contributed by atoms with Crippen LogP contribution >= 0.6 is 0 Å². The summed E-state index contributed by atoms with van der Waals surface area (Å²) in [7, 11) is 0. The number of aromatic nitrogens is 1. The maximum absolute atomic E-state index is 12.6. The molecule has 0 radical (unpaired) electrons. The molecule has 2 fully saturated rings. The lowest BCUT2D eigenvalue weighted by Gasteiger charge is -2.38. The summed E-state index contributed by atoms with van der Waals surface area (Å²) >= 11 is 0. The molecule has 138 valence electrons. The molecule has 0 spiro atoms. The van der Waals surface area contributed by atoms with E-state index in [1.807, 2.05) is 41.8 Å². The summed E-state index contributed by atoms with van der Waals surface area (Å²) in [6, 6.07) is 13.1. The van der Waals surface area contributed by atoms with Crippen LogP contribution in [0.4, 0.5) is 0 Å². The number of para-hydroxylation sites is 1. The average Bonchev–Trinajstić information content (AvgIpc) is 3.33. The van der Waals surface area contributed by atoms with Crippen LogP contribution in [0.5, 0.6) is 5.75 Å². The molecule has 2 aliphatic rings. The van der Waals surface area contributed by atoms with Crippen LogP contribution in [0.3, 0.4) is 0 Å². The normalized spacial score (nSPS) is 17.1. The van der Waals surface area contributed by atoms with E-state index < -0.39 is 0 Å². The molecule has 3 aromatic rings. The number of amides is 1. The predicted molar refractivity (Wildman–Crippen MR) is 100 cm³/mol. The maximum Gasteiger partial charge on any atom is 0.289 e. The molecule has 0 atom stereocenters. The SMILES string of the molecule is Cc1cc(OC2CN(C(=O)c3cc4ccccc4o3)C2)cc(=O)n1C1CC1. The van der Waals surface area contributed by atoms with Crippen molar-refractivity contribution in [3.63, 3.8) is 0 Å². The van der Waals surface area contributed by atoms with Gasteiger partial charge in [0, 0.05) is 23.2 Å². The summed E-state index contributed by atoms with van der Waals surface area (Å²) in [5, 5.41) is 0.917. The lowest BCUT2D eigenvalue weighted by atomic mass is 10.1. The molecule has 0 bridgehead atoms. The monoisotopic (exact) mass is 364 g/mol. The van der Waals surface area contributed by atoms with Crippen LogP contribution < -0.4 is 10.3 Å². The Morgan fingerprint density at radius 1 is 1.15 bits per heavy atom. The number of aryl methyl sites for hydroxylation is 1. The molecule has 1 saturated carbocycles. The highest BCUT2D eigenvalue weighted by atomic mass is 16.5. The summed E-state index contributed by atoms with van der Waals surface area (Å²) in [5.74, 6) is 0.791. The Bertz CT molecular complexity index is 1050. The number of benzene rings is 1. The van der Waals surface area contributed by atoms with Gasteiger partial charge < -0.3 is 18.6 Å². The van der Waals surface area contributed by atoms with Crippen LogP contribution in [0.2, 0.25) is 0 Å². The fourth-order valence-corrected chi connectivity index (χ4v) is 3.66. The van der Waals surface area contributed by atoms with E-state index in [0.29, 0.717) is 36.2 Å². The molecule has 0 unspecified atom stereocenters. The van der Waals surface area contributed by atoms with Gasteiger partial charge in [-0.3, -0.25) is 9.59 Å². The minimum atomic E-state index is -0.133. The standard InChI is InChI=1S/C21H20N2O4/c1-13-8-16(10-20(24)23(13)15-6-7-15)26-17-11-22(12-17)21(25)19-9-14-4-2-3-5-18(14)27-19/h2-5,8-10,15,17H,6-7,11-12H2,1H3. The summed E-state index contributed by atoms with van der Waals surface area (Å²) in [6.07, 6.45) is 2.04. The highest BCUT2D eigenvalue weighted by molar-refractivity contribution is 5.96. The Hall–Kier alpha value is -3.02. The predicted octanol–water partition coefficient (Wildman–Crippen LogP) is 3.14. The Labute approximate surface area is 155 Å². The number of rotatable bonds is 4. The first-order chi connectivity index (χ1) is 13.1. The topological polar surface area (TPSA) is 64.7 Å². The number of hydrogen-bond acceptors (Lipinski definition) is 4. The second-order valence-corrected chi connectivity index (χ2v) is 7.37. The molecule has 1 saturated heterocycles. The number of likely N-dealkylation sites (tertiary alicyclic amines) is 1. The summed E-state index contributed by atoms with van der Waals surface area (Å²) in [5.41, 5.74) is 1.62. The van der Waals surface area contributed by atoms with E-state index in [1.165, 1.54) is 0 Å². The second-order valence-electron chi connectivity index (χ2n) is 7.37. The molecular formula is C21H20N2O4. The zero-order valence-corrected chi connectivity index (χ0v) is 15.1.